The third-order valence-electron chi connectivity index (χ3n) is 6.09. The summed E-state index contributed by atoms with van der Waals surface area (Å²) >= 11 is 0. The zero-order valence-corrected chi connectivity index (χ0v) is 18.3. The van der Waals surface area contributed by atoms with E-state index in [9.17, 15) is 14.3 Å². The van der Waals surface area contributed by atoms with E-state index < -0.39 is 11.6 Å². The summed E-state index contributed by atoms with van der Waals surface area (Å²) in [4.78, 5) is 27.0. The predicted octanol–water partition coefficient (Wildman–Crippen LogP) is 4.87. The maximum atomic E-state index is 15.9. The number of phenols is 1. The molecular weight excluding hydrogens is 426 g/mol. The quantitative estimate of drug-likeness (QED) is 0.482. The standard InChI is InChI=1S/C25H22F2N4O2/c1-3-17-20(26)7-6-14-9-16(33)10-18(21(14)17)23-22(27)24-19(11-28-23)25(30-13(2)29-24)31-8-4-5-15(32)12-31/h6-7,9-11,33H,3-5,8,12H2,1-2H3. The zero-order chi connectivity index (χ0) is 23.3. The molecule has 0 saturated carbocycles. The van der Waals surface area contributed by atoms with Crippen LogP contribution in [0.3, 0.4) is 0 Å². The van der Waals surface area contributed by atoms with Crippen molar-refractivity contribution in [2.24, 2.45) is 0 Å². The van der Waals surface area contributed by atoms with Crippen LogP contribution in [0.1, 0.15) is 31.2 Å². The molecular formula is C25H22F2N4O2. The lowest BCUT2D eigenvalue weighted by Crippen LogP contribution is -2.36. The molecule has 1 aliphatic heterocycles. The minimum atomic E-state index is -0.680. The number of anilines is 1. The maximum Gasteiger partial charge on any atom is 0.175 e. The number of pyridine rings is 1. The molecule has 1 saturated heterocycles. The highest BCUT2D eigenvalue weighted by Crippen LogP contribution is 2.38. The number of nitrogens with zero attached hydrogens (tertiary/aromatic N) is 4. The number of Topliss-reactive ketones (excluding diaryl/α,β-unsaturated/α-hetero) is 1. The topological polar surface area (TPSA) is 79.2 Å². The molecule has 168 valence electrons. The van der Waals surface area contributed by atoms with Gasteiger partial charge in [0, 0.05) is 24.7 Å². The van der Waals surface area contributed by atoms with Crippen LogP contribution < -0.4 is 4.90 Å². The van der Waals surface area contributed by atoms with Crippen LogP contribution in [0.5, 0.6) is 5.75 Å². The van der Waals surface area contributed by atoms with Crippen LogP contribution in [0.4, 0.5) is 14.6 Å². The van der Waals surface area contributed by atoms with Gasteiger partial charge in [-0.25, -0.2) is 18.7 Å². The molecule has 33 heavy (non-hydrogen) atoms. The van der Waals surface area contributed by atoms with Gasteiger partial charge in [0.05, 0.1) is 11.9 Å². The Morgan fingerprint density at radius 1 is 1.18 bits per heavy atom. The molecule has 1 fully saturated rings. The van der Waals surface area contributed by atoms with Crippen molar-refractivity contribution >= 4 is 33.3 Å². The van der Waals surface area contributed by atoms with Crippen molar-refractivity contribution in [1.82, 2.24) is 15.0 Å². The number of carbonyl (C=O) groups excluding carboxylic acids is 1. The van der Waals surface area contributed by atoms with Gasteiger partial charge in [0.25, 0.3) is 0 Å². The van der Waals surface area contributed by atoms with Crippen molar-refractivity contribution in [2.75, 3.05) is 18.0 Å². The van der Waals surface area contributed by atoms with Gasteiger partial charge in [-0.2, -0.15) is 0 Å². The number of fused-ring (bicyclic) bond motifs is 2. The number of ketones is 1. The molecule has 1 N–H and O–H groups in total. The minimum absolute atomic E-state index is 0.0255. The van der Waals surface area contributed by atoms with Gasteiger partial charge >= 0.3 is 0 Å². The van der Waals surface area contributed by atoms with Gasteiger partial charge < -0.3 is 10.0 Å². The first-order valence-electron chi connectivity index (χ1n) is 10.9. The van der Waals surface area contributed by atoms with E-state index in [-0.39, 0.29) is 29.3 Å². The predicted molar refractivity (Wildman–Crippen MR) is 122 cm³/mol. The molecule has 2 aromatic carbocycles. The Labute approximate surface area is 188 Å². The molecule has 2 aromatic heterocycles. The fourth-order valence-corrected chi connectivity index (χ4v) is 4.63. The normalized spacial score (nSPS) is 14.4. The molecule has 0 unspecified atom stereocenters. The molecule has 0 bridgehead atoms. The highest BCUT2D eigenvalue weighted by atomic mass is 19.1. The number of hydrogen-bond donors (Lipinski definition) is 1. The Bertz CT molecular complexity index is 1440. The largest absolute Gasteiger partial charge is 0.508 e. The molecule has 8 heteroatoms. The van der Waals surface area contributed by atoms with E-state index >= 15 is 4.39 Å². The Morgan fingerprint density at radius 2 is 2.00 bits per heavy atom. The highest BCUT2D eigenvalue weighted by molar-refractivity contribution is 6.02. The van der Waals surface area contributed by atoms with Crippen LogP contribution in [0.25, 0.3) is 32.9 Å². The Balaban J connectivity index is 1.78. The minimum Gasteiger partial charge on any atom is -0.508 e. The smallest absolute Gasteiger partial charge is 0.175 e. The molecule has 0 radical (unpaired) electrons. The number of hydrogen-bond acceptors (Lipinski definition) is 6. The summed E-state index contributed by atoms with van der Waals surface area (Å²) in [5.41, 5.74) is 0.774. The zero-order valence-electron chi connectivity index (χ0n) is 18.3. The molecule has 1 aliphatic rings. The second kappa shape index (κ2) is 8.03. The lowest BCUT2D eigenvalue weighted by atomic mass is 9.94. The van der Waals surface area contributed by atoms with E-state index in [1.54, 1.807) is 13.0 Å². The van der Waals surface area contributed by atoms with Gasteiger partial charge in [0.1, 0.15) is 34.4 Å². The van der Waals surface area contributed by atoms with Gasteiger partial charge in [0.15, 0.2) is 11.6 Å². The van der Waals surface area contributed by atoms with Gasteiger partial charge in [-0.05, 0) is 54.3 Å². The summed E-state index contributed by atoms with van der Waals surface area (Å²) in [5.74, 6) is -0.193. The first-order chi connectivity index (χ1) is 15.9. The summed E-state index contributed by atoms with van der Waals surface area (Å²) in [6.07, 6.45) is 3.11. The average Bonchev–Trinajstić information content (AvgIpc) is 2.79. The summed E-state index contributed by atoms with van der Waals surface area (Å²) < 4.78 is 30.5. The summed E-state index contributed by atoms with van der Waals surface area (Å²) in [6.45, 7) is 4.34. The third-order valence-corrected chi connectivity index (χ3v) is 6.09. The SMILES string of the molecule is CCc1c(F)ccc2cc(O)cc(-c3ncc4c(N5CCCC(=O)C5)nc(C)nc4c3F)c12. The van der Waals surface area contributed by atoms with Gasteiger partial charge in [0.2, 0.25) is 0 Å². The number of aromatic hydroxyl groups is 1. The summed E-state index contributed by atoms with van der Waals surface area (Å²) in [7, 11) is 0. The van der Waals surface area contributed by atoms with Crippen LogP contribution >= 0.6 is 0 Å². The molecule has 0 atom stereocenters. The van der Waals surface area contributed by atoms with E-state index in [0.29, 0.717) is 64.7 Å². The van der Waals surface area contributed by atoms with Crippen molar-refractivity contribution in [1.29, 1.82) is 0 Å². The summed E-state index contributed by atoms with van der Waals surface area (Å²) in [5, 5.41) is 11.8. The fourth-order valence-electron chi connectivity index (χ4n) is 4.63. The van der Waals surface area contributed by atoms with Gasteiger partial charge in [-0.15, -0.1) is 0 Å². The number of piperidine rings is 1. The Morgan fingerprint density at radius 3 is 2.76 bits per heavy atom. The monoisotopic (exact) mass is 448 g/mol. The van der Waals surface area contributed by atoms with Crippen molar-refractivity contribution in [3.05, 3.63) is 53.5 Å². The Hall–Kier alpha value is -3.68. The molecule has 6 nitrogen and oxygen atoms in total. The van der Waals surface area contributed by atoms with E-state index in [1.807, 2.05) is 11.8 Å². The first kappa shape index (κ1) is 21.2. The second-order valence-electron chi connectivity index (χ2n) is 8.31. The van der Waals surface area contributed by atoms with Crippen molar-refractivity contribution in [2.45, 2.75) is 33.1 Å². The number of rotatable bonds is 3. The first-order valence-corrected chi connectivity index (χ1v) is 10.9. The second-order valence-corrected chi connectivity index (χ2v) is 8.31. The van der Waals surface area contributed by atoms with Gasteiger partial charge in [-0.3, -0.25) is 9.78 Å². The molecule has 5 rings (SSSR count). The number of phenolic OH excluding ortho intramolecular Hbond substituents is 1. The van der Waals surface area contributed by atoms with Crippen LogP contribution in [0, 0.1) is 18.6 Å². The number of aryl methyl sites for hydroxylation is 2. The fraction of sp³-hybridized carbons (Fsp3) is 0.280. The van der Waals surface area contributed by atoms with Crippen LogP contribution in [-0.4, -0.2) is 38.9 Å². The number of benzene rings is 2. The molecule has 0 aliphatic carbocycles. The number of halogens is 2. The lowest BCUT2D eigenvalue weighted by Gasteiger charge is -2.28. The number of aromatic nitrogens is 3. The van der Waals surface area contributed by atoms with Crippen molar-refractivity contribution < 1.29 is 18.7 Å². The van der Waals surface area contributed by atoms with Gasteiger partial charge in [-0.1, -0.05) is 13.0 Å². The molecule has 0 amide bonds. The number of carbonyl (C=O) groups is 1. The molecule has 0 spiro atoms. The van der Waals surface area contributed by atoms with E-state index in [2.05, 4.69) is 15.0 Å². The van der Waals surface area contributed by atoms with Crippen LogP contribution in [0.15, 0.2) is 30.5 Å². The maximum absolute atomic E-state index is 15.9. The summed E-state index contributed by atoms with van der Waals surface area (Å²) in [6, 6.07) is 5.83. The average molecular weight is 448 g/mol. The van der Waals surface area contributed by atoms with E-state index in [1.165, 1.54) is 24.4 Å². The van der Waals surface area contributed by atoms with Crippen LogP contribution in [0.2, 0.25) is 0 Å². The highest BCUT2D eigenvalue weighted by Gasteiger charge is 2.24. The lowest BCUT2D eigenvalue weighted by molar-refractivity contribution is -0.118. The van der Waals surface area contributed by atoms with E-state index in [4.69, 9.17) is 0 Å². The van der Waals surface area contributed by atoms with E-state index in [0.717, 1.165) is 0 Å². The molecule has 3 heterocycles. The molecule has 4 aromatic rings. The van der Waals surface area contributed by atoms with Crippen molar-refractivity contribution in [3.63, 3.8) is 0 Å². The van der Waals surface area contributed by atoms with Crippen LogP contribution in [-0.2, 0) is 11.2 Å². The van der Waals surface area contributed by atoms with Crippen molar-refractivity contribution in [3.8, 4) is 17.0 Å². The Kier molecular flexibility index (Phi) is 5.15. The third kappa shape index (κ3) is 3.55.